The second kappa shape index (κ2) is 11.1. The van der Waals surface area contributed by atoms with Gasteiger partial charge in [-0.3, -0.25) is 4.79 Å². The van der Waals surface area contributed by atoms with E-state index in [2.05, 4.69) is 5.32 Å². The quantitative estimate of drug-likeness (QED) is 0.398. The molecule has 0 fully saturated rings. The minimum Gasteiger partial charge on any atom is -0.489 e. The molecule has 0 radical (unpaired) electrons. The molecule has 7 heteroatoms. The summed E-state index contributed by atoms with van der Waals surface area (Å²) in [6.45, 7) is 6.03. The summed E-state index contributed by atoms with van der Waals surface area (Å²) < 4.78 is 11.2. The number of halogens is 1. The fourth-order valence-corrected chi connectivity index (χ4v) is 3.62. The van der Waals surface area contributed by atoms with E-state index in [4.69, 9.17) is 26.2 Å². The molecule has 0 aliphatic heterocycles. The van der Waals surface area contributed by atoms with Gasteiger partial charge in [0, 0.05) is 17.1 Å². The molecule has 0 saturated carbocycles. The van der Waals surface area contributed by atoms with Crippen LogP contribution in [0.15, 0.2) is 66.7 Å². The van der Waals surface area contributed by atoms with Gasteiger partial charge >= 0.3 is 12.1 Å². The van der Waals surface area contributed by atoms with Crippen molar-refractivity contribution in [1.82, 2.24) is 5.32 Å². The zero-order valence-corrected chi connectivity index (χ0v) is 20.2. The number of carboxylic acids is 1. The Morgan fingerprint density at radius 1 is 0.941 bits per heavy atom. The predicted octanol–water partition coefficient (Wildman–Crippen LogP) is 6.24. The van der Waals surface area contributed by atoms with Gasteiger partial charge in [0.15, 0.2) is 0 Å². The number of aliphatic carboxylic acids is 1. The van der Waals surface area contributed by atoms with Crippen LogP contribution in [0.3, 0.4) is 0 Å². The highest BCUT2D eigenvalue weighted by atomic mass is 35.5. The number of carbonyl (C=O) groups is 2. The highest BCUT2D eigenvalue weighted by Gasteiger charge is 2.16. The number of carbonyl (C=O) groups excluding carboxylic acids is 1. The van der Waals surface area contributed by atoms with Gasteiger partial charge in [0.2, 0.25) is 0 Å². The van der Waals surface area contributed by atoms with Crippen molar-refractivity contribution in [2.24, 2.45) is 0 Å². The molecule has 2 N–H and O–H groups in total. The van der Waals surface area contributed by atoms with E-state index in [1.807, 2.05) is 63.2 Å². The SMILES string of the molecule is CC(C)(C)OC(=O)NCc1cccc(-c2cc(Cl)cc(COc3ccccc3CC(=O)O)c2)c1. The van der Waals surface area contributed by atoms with E-state index < -0.39 is 17.7 Å². The highest BCUT2D eigenvalue weighted by molar-refractivity contribution is 6.31. The Morgan fingerprint density at radius 2 is 1.68 bits per heavy atom. The minimum atomic E-state index is -0.915. The molecule has 0 spiro atoms. The van der Waals surface area contributed by atoms with Gasteiger partial charge in [0.1, 0.15) is 18.0 Å². The lowest BCUT2D eigenvalue weighted by molar-refractivity contribution is -0.136. The molecular weight excluding hydrogens is 454 g/mol. The molecule has 0 aliphatic rings. The van der Waals surface area contributed by atoms with E-state index >= 15 is 0 Å². The molecule has 0 atom stereocenters. The van der Waals surface area contributed by atoms with Crippen LogP contribution in [0.1, 0.15) is 37.5 Å². The number of para-hydroxylation sites is 1. The Labute approximate surface area is 204 Å². The molecule has 0 bridgehead atoms. The van der Waals surface area contributed by atoms with Crippen molar-refractivity contribution in [1.29, 1.82) is 0 Å². The Balaban J connectivity index is 1.72. The number of hydrogen-bond acceptors (Lipinski definition) is 4. The minimum absolute atomic E-state index is 0.110. The van der Waals surface area contributed by atoms with E-state index in [0.29, 0.717) is 22.9 Å². The first-order chi connectivity index (χ1) is 16.1. The molecule has 0 aromatic heterocycles. The molecule has 3 rings (SSSR count). The topological polar surface area (TPSA) is 84.9 Å². The first-order valence-electron chi connectivity index (χ1n) is 10.9. The standard InChI is InChI=1S/C27H28ClNO5/c1-27(2,3)34-26(32)29-16-18-7-6-9-20(11-18)22-12-19(13-23(28)14-22)17-33-24-10-5-4-8-21(24)15-25(30)31/h4-14H,15-17H2,1-3H3,(H,29,32)(H,30,31). The highest BCUT2D eigenvalue weighted by Crippen LogP contribution is 2.27. The van der Waals surface area contributed by atoms with Crippen LogP contribution in [0.4, 0.5) is 4.79 Å². The summed E-state index contributed by atoms with van der Waals surface area (Å²) in [6, 6.07) is 20.5. The Bertz CT molecular complexity index is 1170. The number of amides is 1. The van der Waals surface area contributed by atoms with Gasteiger partial charge < -0.3 is 19.9 Å². The van der Waals surface area contributed by atoms with Crippen LogP contribution >= 0.6 is 11.6 Å². The van der Waals surface area contributed by atoms with Crippen molar-refractivity contribution in [3.8, 4) is 16.9 Å². The van der Waals surface area contributed by atoms with Gasteiger partial charge in [-0.15, -0.1) is 0 Å². The first kappa shape index (κ1) is 25.1. The van der Waals surface area contributed by atoms with Crippen LogP contribution in [0, 0.1) is 0 Å². The second-order valence-corrected chi connectivity index (χ2v) is 9.31. The second-order valence-electron chi connectivity index (χ2n) is 8.87. The third-order valence-corrected chi connectivity index (χ3v) is 4.98. The number of nitrogens with one attached hydrogen (secondary N) is 1. The Morgan fingerprint density at radius 3 is 2.41 bits per heavy atom. The van der Waals surface area contributed by atoms with E-state index in [-0.39, 0.29) is 13.0 Å². The van der Waals surface area contributed by atoms with Crippen molar-refractivity contribution in [3.05, 3.63) is 88.4 Å². The number of carboxylic acid groups (broad SMARTS) is 1. The van der Waals surface area contributed by atoms with Crippen molar-refractivity contribution in [2.45, 2.75) is 45.9 Å². The molecule has 3 aromatic carbocycles. The summed E-state index contributed by atoms with van der Waals surface area (Å²) in [5.41, 5.74) is 3.68. The van der Waals surface area contributed by atoms with Crippen LogP contribution in [0.5, 0.6) is 5.75 Å². The smallest absolute Gasteiger partial charge is 0.407 e. The summed E-state index contributed by atoms with van der Waals surface area (Å²) in [4.78, 5) is 23.1. The molecule has 0 unspecified atom stereocenters. The zero-order chi connectivity index (χ0) is 24.7. The molecule has 0 aliphatic carbocycles. The Kier molecular flexibility index (Phi) is 8.18. The van der Waals surface area contributed by atoms with Crippen molar-refractivity contribution >= 4 is 23.7 Å². The molecule has 178 valence electrons. The van der Waals surface area contributed by atoms with Crippen molar-refractivity contribution in [2.75, 3.05) is 0 Å². The number of alkyl carbamates (subject to hydrolysis) is 1. The fourth-order valence-electron chi connectivity index (χ4n) is 3.36. The normalized spacial score (nSPS) is 11.1. The summed E-state index contributed by atoms with van der Waals surface area (Å²) in [6.07, 6.45) is -0.579. The largest absolute Gasteiger partial charge is 0.489 e. The predicted molar refractivity (Wildman–Crippen MR) is 132 cm³/mol. The average molecular weight is 482 g/mol. The molecule has 34 heavy (non-hydrogen) atoms. The van der Waals surface area contributed by atoms with E-state index in [0.717, 1.165) is 22.3 Å². The van der Waals surface area contributed by atoms with E-state index in [1.54, 1.807) is 24.3 Å². The van der Waals surface area contributed by atoms with Crippen LogP contribution in [-0.4, -0.2) is 22.8 Å². The van der Waals surface area contributed by atoms with Gasteiger partial charge in [-0.25, -0.2) is 4.79 Å². The Hall–Kier alpha value is -3.51. The van der Waals surface area contributed by atoms with Crippen molar-refractivity contribution in [3.63, 3.8) is 0 Å². The van der Waals surface area contributed by atoms with Gasteiger partial charge in [0.05, 0.1) is 6.42 Å². The number of ether oxygens (including phenoxy) is 2. The summed E-state index contributed by atoms with van der Waals surface area (Å²) in [5.74, 6) is -0.385. The average Bonchev–Trinajstić information content (AvgIpc) is 2.75. The fraction of sp³-hybridized carbons (Fsp3) is 0.259. The third-order valence-electron chi connectivity index (χ3n) is 4.76. The lowest BCUT2D eigenvalue weighted by Gasteiger charge is -2.19. The molecule has 0 saturated heterocycles. The maximum Gasteiger partial charge on any atom is 0.407 e. The number of hydrogen-bond donors (Lipinski definition) is 2. The van der Waals surface area contributed by atoms with Crippen LogP contribution in [0.2, 0.25) is 5.02 Å². The van der Waals surface area contributed by atoms with Crippen LogP contribution in [0.25, 0.3) is 11.1 Å². The maximum atomic E-state index is 12.0. The van der Waals surface area contributed by atoms with Gasteiger partial charge in [-0.05, 0) is 73.4 Å². The number of benzene rings is 3. The summed E-state index contributed by atoms with van der Waals surface area (Å²) >= 11 is 6.38. The molecule has 0 heterocycles. The van der Waals surface area contributed by atoms with Gasteiger partial charge in [0.25, 0.3) is 0 Å². The molecule has 3 aromatic rings. The lowest BCUT2D eigenvalue weighted by atomic mass is 10.0. The van der Waals surface area contributed by atoms with Gasteiger partial charge in [-0.2, -0.15) is 0 Å². The van der Waals surface area contributed by atoms with E-state index in [9.17, 15) is 9.59 Å². The molecule has 1 amide bonds. The molecule has 6 nitrogen and oxygen atoms in total. The van der Waals surface area contributed by atoms with Gasteiger partial charge in [-0.1, -0.05) is 48.0 Å². The van der Waals surface area contributed by atoms with Crippen LogP contribution < -0.4 is 10.1 Å². The van der Waals surface area contributed by atoms with E-state index in [1.165, 1.54) is 0 Å². The van der Waals surface area contributed by atoms with Crippen LogP contribution in [-0.2, 0) is 29.1 Å². The first-order valence-corrected chi connectivity index (χ1v) is 11.2. The lowest BCUT2D eigenvalue weighted by Crippen LogP contribution is -2.32. The number of rotatable bonds is 8. The summed E-state index contributed by atoms with van der Waals surface area (Å²) in [5, 5.41) is 12.4. The molecular formula is C27H28ClNO5. The monoisotopic (exact) mass is 481 g/mol. The zero-order valence-electron chi connectivity index (χ0n) is 19.4. The maximum absolute atomic E-state index is 12.0. The van der Waals surface area contributed by atoms with Crippen molar-refractivity contribution < 1.29 is 24.2 Å². The third kappa shape index (κ3) is 7.81. The summed E-state index contributed by atoms with van der Waals surface area (Å²) in [7, 11) is 0.